The number of ether oxygens (including phenoxy) is 8. The number of benzene rings is 8. The number of rotatable bonds is 20. The normalized spacial score (nSPS) is 11.7. The van der Waals surface area contributed by atoms with Crippen molar-refractivity contribution in [2.75, 3.05) is 63.5 Å². The summed E-state index contributed by atoms with van der Waals surface area (Å²) in [5, 5.41) is 10.0. The Hall–Kier alpha value is -14.5. The van der Waals surface area contributed by atoms with E-state index in [2.05, 4.69) is 6.07 Å². The summed E-state index contributed by atoms with van der Waals surface area (Å²) in [4.78, 5) is 55.0. The predicted molar refractivity (Wildman–Crippen MR) is 481 cm³/mol. The summed E-state index contributed by atoms with van der Waals surface area (Å²) in [6, 6.07) is 75.5. The van der Waals surface area contributed by atoms with Crippen molar-refractivity contribution in [1.82, 2.24) is 39.9 Å². The number of hydrogen-bond acceptors (Lipinski definition) is 14. The molecule has 10 heterocycles. The number of methoxy groups -OCH3 is 8. The summed E-state index contributed by atoms with van der Waals surface area (Å²) in [6.45, 7) is -0.141. The molecule has 2 radical (unpaired) electrons. The second kappa shape index (κ2) is 36.8. The van der Waals surface area contributed by atoms with Crippen LogP contribution in [0.25, 0.3) is 194 Å². The Kier molecular flexibility index (Phi) is 24.9. The number of aldehydes is 1. The molecule has 0 spiro atoms. The fourth-order valence-electron chi connectivity index (χ4n) is 15.4. The van der Waals surface area contributed by atoms with Gasteiger partial charge in [0.05, 0.1) is 109 Å². The Balaban J connectivity index is 0.000000186. The molecule has 14 aromatic rings. The van der Waals surface area contributed by atoms with Crippen LogP contribution < -0.4 is 57.8 Å². The first-order valence-corrected chi connectivity index (χ1v) is 38.7. The fourth-order valence-corrected chi connectivity index (χ4v) is 15.4. The molecule has 6 aromatic heterocycles. The van der Waals surface area contributed by atoms with Crippen LogP contribution in [0.5, 0.6) is 46.0 Å². The quantitative estimate of drug-likeness (QED) is 0.0426. The first-order valence-electron chi connectivity index (χ1n) is 38.7. The summed E-state index contributed by atoms with van der Waals surface area (Å²) >= 11 is 0. The summed E-state index contributed by atoms with van der Waals surface area (Å²) in [5.41, 5.74) is 26.9. The maximum absolute atomic E-state index is 11.9. The largest absolute Gasteiger partial charge is 2.00 e. The number of allylic oxidation sites excluding steroid dienone is 1. The van der Waals surface area contributed by atoms with Gasteiger partial charge in [-0.15, -0.1) is 44.1 Å². The van der Waals surface area contributed by atoms with Crippen LogP contribution in [-0.2, 0) is 38.9 Å². The van der Waals surface area contributed by atoms with E-state index >= 15 is 0 Å². The number of carbonyl (C=O) groups excluding carboxylic acids is 1. The molecular formula is C102H78Cu2N8O10. The molecule has 0 saturated carbocycles. The number of carbonyl (C=O) groups is 1. The predicted octanol–water partition coefficient (Wildman–Crippen LogP) is 21.4. The van der Waals surface area contributed by atoms with Crippen molar-refractivity contribution in [3.8, 4) is 135 Å². The van der Waals surface area contributed by atoms with E-state index in [1.807, 2.05) is 279 Å². The molecule has 1 N–H and O–H groups in total. The van der Waals surface area contributed by atoms with E-state index in [-0.39, 0.29) is 40.7 Å². The van der Waals surface area contributed by atoms with Gasteiger partial charge in [0.1, 0.15) is 52.3 Å². The molecule has 122 heavy (non-hydrogen) atoms. The van der Waals surface area contributed by atoms with Gasteiger partial charge >= 0.3 is 34.1 Å². The molecular weight excluding hydrogens is 1620 g/mol. The molecule has 4 aliphatic rings. The van der Waals surface area contributed by atoms with Gasteiger partial charge in [0.25, 0.3) is 0 Å². The molecule has 0 fully saturated rings. The van der Waals surface area contributed by atoms with Crippen molar-refractivity contribution in [3.63, 3.8) is 0 Å². The van der Waals surface area contributed by atoms with E-state index in [4.69, 9.17) is 77.8 Å². The summed E-state index contributed by atoms with van der Waals surface area (Å²) in [5.74, 6) is 5.88. The van der Waals surface area contributed by atoms with Crippen LogP contribution in [-0.4, -0.2) is 94.8 Å². The third-order valence-electron chi connectivity index (χ3n) is 21.3. The average Bonchev–Trinajstić information content (AvgIpc) is 1.61. The monoisotopic (exact) mass is 1700 g/mol. The zero-order valence-corrected chi connectivity index (χ0v) is 69.3. The topological polar surface area (TPSA) is 219 Å². The van der Waals surface area contributed by atoms with Crippen molar-refractivity contribution in [2.24, 2.45) is 0 Å². The van der Waals surface area contributed by atoms with Gasteiger partial charge in [-0.05, 0) is 252 Å². The zero-order chi connectivity index (χ0) is 82.3. The minimum atomic E-state index is -0.141. The number of aromatic nitrogens is 8. The van der Waals surface area contributed by atoms with Gasteiger partial charge < -0.3 is 62.9 Å². The van der Waals surface area contributed by atoms with Crippen LogP contribution in [0.15, 0.2) is 243 Å². The maximum atomic E-state index is 11.9. The van der Waals surface area contributed by atoms with Crippen LogP contribution in [0.3, 0.4) is 0 Å². The van der Waals surface area contributed by atoms with Crippen LogP contribution in [0, 0.1) is 0 Å². The van der Waals surface area contributed by atoms with Crippen molar-refractivity contribution in [2.45, 2.75) is 0 Å². The fraction of sp³-hybridized carbons (Fsp3) is 0.0882. The molecule has 8 aromatic carbocycles. The van der Waals surface area contributed by atoms with E-state index in [0.29, 0.717) is 44.9 Å². The minimum absolute atomic E-state index is 0. The first-order chi connectivity index (χ1) is 58.9. The number of fused-ring (bicyclic) bond motifs is 16. The standard InChI is InChI=1S/C51H40N4O5.C51H39N4O5.2Cu/c2*1-57-36-15-7-31(8-16-36)47-40-23-24-41(52-40)48(32-9-17-37(58-2)18-10-32)43-27-28-45(54-43)50(34-13-21-39(60-4)22-14-34)51-35(6-5-29-56)30-46(55-51)49(44-26-25-42(47)53-44)33-11-19-38(59-3)20-12-33;;/h5-28,30,56H,29H2,1-4H3;5-30H,1-4H3,(H-,52,53,54,55,56);;/q-2;-1;2*+2/p-1/b6-5+,47-40?,47-42?,48-41?,48-43?,49-44?,49-46?,50-45?,51-50?;;;. The Bertz CT molecular complexity index is 6820. The molecule has 16 bridgehead atoms. The Labute approximate surface area is 725 Å². The molecule has 18 nitrogen and oxygen atoms in total. The second-order valence-electron chi connectivity index (χ2n) is 28.1. The molecule has 0 aliphatic carbocycles. The van der Waals surface area contributed by atoms with Crippen LogP contribution in [0.1, 0.15) is 56.7 Å². The number of aliphatic hydroxyl groups excluding tert-OH is 1. The molecule has 0 amide bonds. The Morgan fingerprint density at radius 2 is 0.459 bits per heavy atom. The first kappa shape index (κ1) is 82.6. The van der Waals surface area contributed by atoms with Gasteiger partial charge in [0.15, 0.2) is 0 Å². The number of hydrogen-bond donors (Lipinski definition) is 1. The third kappa shape index (κ3) is 16.6. The molecule has 0 atom stereocenters. The molecule has 20 heteroatoms. The summed E-state index contributed by atoms with van der Waals surface area (Å²) < 4.78 is 44.3. The Morgan fingerprint density at radius 3 is 0.664 bits per heavy atom. The number of aliphatic hydroxyl groups is 1. The third-order valence-corrected chi connectivity index (χ3v) is 21.3. The van der Waals surface area contributed by atoms with Crippen molar-refractivity contribution >= 4 is 111 Å². The van der Waals surface area contributed by atoms with Gasteiger partial charge in [-0.3, -0.25) is 4.79 Å². The average molecular weight is 1700 g/mol. The minimum Gasteiger partial charge on any atom is -0.657 e. The SMILES string of the molecule is COc1ccc(-c2c3nc(c(-c4ccc(OC)cc4)c4cc(/C=C/C=O)c([n-]4)c(-c4ccc(OC)cc4)c4nc(c(-c5ccc(OC)cc5)c5ccc2[n-]5)C=C4)C=C3)cc1.COc1ccc(-c2c3nc(c(-c4ccc(OC)cc4)c4cc(/C=C/CO)c([n-]4)c(-c4ccc(OC)cc4)c4nc(c(-c5ccc(OC)cc5)c5ccc2[n-]5)C=C4)C=C3)cc1.[Cu+2].[Cu+2]. The molecule has 18 rings (SSSR count). The van der Waals surface area contributed by atoms with Gasteiger partial charge in [-0.1, -0.05) is 152 Å². The maximum Gasteiger partial charge on any atom is 2.00 e. The van der Waals surface area contributed by atoms with Crippen molar-refractivity contribution in [3.05, 3.63) is 299 Å². The summed E-state index contributed by atoms with van der Waals surface area (Å²) in [6.07, 6.45) is 23.9. The van der Waals surface area contributed by atoms with E-state index in [1.165, 1.54) is 6.08 Å². The second-order valence-corrected chi connectivity index (χ2v) is 28.1. The smallest absolute Gasteiger partial charge is 0.657 e. The van der Waals surface area contributed by atoms with E-state index in [0.717, 1.165) is 197 Å². The summed E-state index contributed by atoms with van der Waals surface area (Å²) in [7, 11) is 13.2. The molecule has 0 unspecified atom stereocenters. The van der Waals surface area contributed by atoms with E-state index < -0.39 is 0 Å². The van der Waals surface area contributed by atoms with Gasteiger partial charge in [-0.2, -0.15) is 0 Å². The Morgan fingerprint density at radius 1 is 0.262 bits per heavy atom. The van der Waals surface area contributed by atoms with Gasteiger partial charge in [0, 0.05) is 0 Å². The zero-order valence-electron chi connectivity index (χ0n) is 67.5. The van der Waals surface area contributed by atoms with Crippen molar-refractivity contribution in [1.29, 1.82) is 0 Å². The molecule has 4 aliphatic heterocycles. The van der Waals surface area contributed by atoms with Crippen molar-refractivity contribution < 1.29 is 81.9 Å². The molecule has 608 valence electrons. The van der Waals surface area contributed by atoms with E-state index in [9.17, 15) is 9.90 Å². The number of nitrogens with zero attached hydrogens (tertiary/aromatic N) is 8. The van der Waals surface area contributed by atoms with Crippen LogP contribution >= 0.6 is 0 Å². The van der Waals surface area contributed by atoms with Crippen LogP contribution in [0.4, 0.5) is 0 Å². The van der Waals surface area contributed by atoms with Gasteiger partial charge in [-0.25, -0.2) is 19.9 Å². The molecule has 0 saturated heterocycles. The van der Waals surface area contributed by atoms with Gasteiger partial charge in [0.2, 0.25) is 0 Å². The van der Waals surface area contributed by atoms with Crippen LogP contribution in [0.2, 0.25) is 0 Å². The van der Waals surface area contributed by atoms with E-state index in [1.54, 1.807) is 69.0 Å².